The van der Waals surface area contributed by atoms with Gasteiger partial charge >= 0.3 is 6.18 Å². The molecule has 0 aromatic heterocycles. The third kappa shape index (κ3) is 5.65. The third-order valence-corrected chi connectivity index (χ3v) is 4.20. The van der Waals surface area contributed by atoms with Gasteiger partial charge in [-0.25, -0.2) is 8.42 Å². The first-order valence-corrected chi connectivity index (χ1v) is 7.87. The van der Waals surface area contributed by atoms with Crippen molar-refractivity contribution in [3.8, 4) is 0 Å². The minimum atomic E-state index is -4.36. The average Bonchev–Trinajstić information content (AvgIpc) is 2.15. The molecule has 8 heteroatoms. The summed E-state index contributed by atoms with van der Waals surface area (Å²) in [5, 5.41) is 0. The molecule has 0 unspecified atom stereocenters. The minimum absolute atomic E-state index is 0.206. The summed E-state index contributed by atoms with van der Waals surface area (Å²) in [6.45, 7) is 0. The van der Waals surface area contributed by atoms with Crippen LogP contribution in [0.5, 0.6) is 0 Å². The van der Waals surface area contributed by atoms with Gasteiger partial charge in [0.05, 0.1) is 11.3 Å². The fourth-order valence-corrected chi connectivity index (χ4v) is 3.26. The molecule has 0 atom stereocenters. The van der Waals surface area contributed by atoms with E-state index in [-0.39, 0.29) is 11.5 Å². The topological polar surface area (TPSA) is 34.1 Å². The van der Waals surface area contributed by atoms with E-state index in [1.54, 1.807) is 0 Å². The fraction of sp³-hybridized carbons (Fsp3) is 0.333. The number of hydrogen-bond acceptors (Lipinski definition) is 3. The first kappa shape index (κ1) is 14.7. The summed E-state index contributed by atoms with van der Waals surface area (Å²) < 4.78 is 57.9. The molecule has 2 nitrogen and oxygen atoms in total. The van der Waals surface area contributed by atoms with E-state index < -0.39 is 20.8 Å². The van der Waals surface area contributed by atoms with Gasteiger partial charge in [0.2, 0.25) is 9.05 Å². The van der Waals surface area contributed by atoms with Crippen molar-refractivity contribution in [1.29, 1.82) is 0 Å². The lowest BCUT2D eigenvalue weighted by Gasteiger charge is -2.07. The van der Waals surface area contributed by atoms with Crippen LogP contribution in [-0.2, 0) is 15.2 Å². The largest absolute Gasteiger partial charge is 0.416 e. The van der Waals surface area contributed by atoms with Crippen LogP contribution in [0.15, 0.2) is 29.2 Å². The maximum atomic E-state index is 12.2. The van der Waals surface area contributed by atoms with Crippen molar-refractivity contribution in [3.63, 3.8) is 0 Å². The van der Waals surface area contributed by atoms with Crippen molar-refractivity contribution < 1.29 is 21.6 Å². The normalized spacial score (nSPS) is 12.7. The Morgan fingerprint density at radius 2 is 1.71 bits per heavy atom. The summed E-state index contributed by atoms with van der Waals surface area (Å²) >= 11 is 1.14. The number of rotatable bonds is 4. The molecule has 0 aliphatic heterocycles. The predicted molar refractivity (Wildman–Crippen MR) is 61.8 cm³/mol. The van der Waals surface area contributed by atoms with Gasteiger partial charge in [0, 0.05) is 21.3 Å². The number of thioether (sulfide) groups is 1. The Morgan fingerprint density at radius 3 is 2.12 bits per heavy atom. The molecule has 0 radical (unpaired) electrons. The first-order valence-electron chi connectivity index (χ1n) is 4.41. The second-order valence-corrected chi connectivity index (χ2v) is 7.18. The van der Waals surface area contributed by atoms with Gasteiger partial charge in [-0.3, -0.25) is 0 Å². The van der Waals surface area contributed by atoms with E-state index in [1.165, 1.54) is 12.1 Å². The standard InChI is InChI=1S/C9H8ClF3O2S2/c10-17(14,15)6-5-16-8-3-1-7(2-4-8)9(11,12)13/h1-4H,5-6H2. The Kier molecular flexibility index (Phi) is 4.74. The third-order valence-electron chi connectivity index (χ3n) is 1.78. The zero-order valence-corrected chi connectivity index (χ0v) is 10.8. The maximum Gasteiger partial charge on any atom is 0.416 e. The van der Waals surface area contributed by atoms with Crippen LogP contribution in [0, 0.1) is 0 Å². The van der Waals surface area contributed by atoms with Gasteiger partial charge in [0.25, 0.3) is 0 Å². The van der Waals surface area contributed by atoms with Crippen LogP contribution in [0.1, 0.15) is 5.56 Å². The van der Waals surface area contributed by atoms with E-state index in [4.69, 9.17) is 10.7 Å². The van der Waals surface area contributed by atoms with Gasteiger partial charge in [-0.05, 0) is 24.3 Å². The minimum Gasteiger partial charge on any atom is -0.212 e. The maximum absolute atomic E-state index is 12.2. The van der Waals surface area contributed by atoms with Crippen LogP contribution >= 0.6 is 22.4 Å². The first-order chi connectivity index (χ1) is 7.68. The fourth-order valence-electron chi connectivity index (χ4n) is 0.999. The molecule has 1 rings (SSSR count). The van der Waals surface area contributed by atoms with Crippen LogP contribution in [0.25, 0.3) is 0 Å². The monoisotopic (exact) mass is 304 g/mol. The van der Waals surface area contributed by atoms with E-state index in [1.807, 2.05) is 0 Å². The number of benzene rings is 1. The summed E-state index contributed by atoms with van der Waals surface area (Å²) in [5.41, 5.74) is -0.730. The molecular formula is C9H8ClF3O2S2. The van der Waals surface area contributed by atoms with Crippen molar-refractivity contribution in [1.82, 2.24) is 0 Å². The molecule has 0 aliphatic rings. The molecule has 0 N–H and O–H groups in total. The molecule has 96 valence electrons. The Balaban J connectivity index is 2.58. The molecule has 0 bridgehead atoms. The van der Waals surface area contributed by atoms with E-state index in [2.05, 4.69) is 0 Å². The molecular weight excluding hydrogens is 297 g/mol. The number of halogens is 4. The highest BCUT2D eigenvalue weighted by Gasteiger charge is 2.29. The van der Waals surface area contributed by atoms with Crippen LogP contribution in [-0.4, -0.2) is 19.9 Å². The Labute approximate surface area is 106 Å². The quantitative estimate of drug-likeness (QED) is 0.632. The lowest BCUT2D eigenvalue weighted by atomic mass is 10.2. The SMILES string of the molecule is O=S(=O)(Cl)CCSc1ccc(C(F)(F)F)cc1. The smallest absolute Gasteiger partial charge is 0.212 e. The summed E-state index contributed by atoms with van der Waals surface area (Å²) in [4.78, 5) is 0.568. The van der Waals surface area contributed by atoms with Crippen LogP contribution < -0.4 is 0 Å². The van der Waals surface area contributed by atoms with Crippen LogP contribution in [0.2, 0.25) is 0 Å². The van der Waals surface area contributed by atoms with Crippen molar-refractivity contribution in [3.05, 3.63) is 29.8 Å². The van der Waals surface area contributed by atoms with E-state index in [0.29, 0.717) is 4.90 Å². The molecule has 0 saturated heterocycles. The average molecular weight is 305 g/mol. The Bertz CT molecular complexity index is 468. The van der Waals surface area contributed by atoms with Crippen LogP contribution in [0.4, 0.5) is 13.2 Å². The lowest BCUT2D eigenvalue weighted by molar-refractivity contribution is -0.137. The van der Waals surface area contributed by atoms with Crippen molar-refractivity contribution >= 4 is 31.5 Å². The van der Waals surface area contributed by atoms with Gasteiger partial charge < -0.3 is 0 Å². The van der Waals surface area contributed by atoms with Gasteiger partial charge in [-0.15, -0.1) is 11.8 Å². The summed E-state index contributed by atoms with van der Waals surface area (Å²) in [6, 6.07) is 4.51. The zero-order valence-electron chi connectivity index (χ0n) is 8.37. The highest BCUT2D eigenvalue weighted by atomic mass is 35.7. The Morgan fingerprint density at radius 1 is 1.18 bits per heavy atom. The molecule has 1 aromatic rings. The highest BCUT2D eigenvalue weighted by Crippen LogP contribution is 2.30. The molecule has 1 aromatic carbocycles. The highest BCUT2D eigenvalue weighted by molar-refractivity contribution is 8.14. The van der Waals surface area contributed by atoms with Gasteiger partial charge in [0.1, 0.15) is 0 Å². The molecule has 0 spiro atoms. The lowest BCUT2D eigenvalue weighted by Crippen LogP contribution is -2.04. The van der Waals surface area contributed by atoms with Crippen LogP contribution in [0.3, 0.4) is 0 Å². The number of hydrogen-bond donors (Lipinski definition) is 0. The van der Waals surface area contributed by atoms with Crippen molar-refractivity contribution in [2.24, 2.45) is 0 Å². The number of alkyl halides is 3. The molecule has 0 amide bonds. The Hall–Kier alpha value is -0.400. The van der Waals surface area contributed by atoms with Gasteiger partial charge in [-0.2, -0.15) is 13.2 Å². The molecule has 0 heterocycles. The zero-order chi connectivity index (χ0) is 13.1. The summed E-state index contributed by atoms with van der Waals surface area (Å²) in [5.74, 6) is -0.0164. The van der Waals surface area contributed by atoms with Crippen molar-refractivity contribution in [2.75, 3.05) is 11.5 Å². The van der Waals surface area contributed by atoms with Gasteiger partial charge in [0.15, 0.2) is 0 Å². The molecule has 0 saturated carbocycles. The predicted octanol–water partition coefficient (Wildman–Crippen LogP) is 3.37. The van der Waals surface area contributed by atoms with Gasteiger partial charge in [-0.1, -0.05) is 0 Å². The molecule has 0 aliphatic carbocycles. The summed E-state index contributed by atoms with van der Waals surface area (Å²) in [6.07, 6.45) is -4.36. The van der Waals surface area contributed by atoms with E-state index in [0.717, 1.165) is 23.9 Å². The van der Waals surface area contributed by atoms with E-state index in [9.17, 15) is 21.6 Å². The van der Waals surface area contributed by atoms with Crippen molar-refractivity contribution in [2.45, 2.75) is 11.1 Å². The molecule has 0 fully saturated rings. The summed E-state index contributed by atoms with van der Waals surface area (Å²) in [7, 11) is 1.44. The van der Waals surface area contributed by atoms with E-state index >= 15 is 0 Å². The molecule has 17 heavy (non-hydrogen) atoms. The second-order valence-electron chi connectivity index (χ2n) is 3.11. The second kappa shape index (κ2) is 5.49.